The molecule has 1 unspecified atom stereocenters. The van der Waals surface area contributed by atoms with E-state index in [-0.39, 0.29) is 41.0 Å². The predicted molar refractivity (Wildman–Crippen MR) is 125 cm³/mol. The Morgan fingerprint density at radius 3 is 2.34 bits per heavy atom. The van der Waals surface area contributed by atoms with E-state index < -0.39 is 5.43 Å². The van der Waals surface area contributed by atoms with E-state index in [4.69, 9.17) is 4.74 Å². The first-order valence-electron chi connectivity index (χ1n) is 12.3. The number of nitrogens with zero attached hydrogens (tertiary/aromatic N) is 2. The van der Waals surface area contributed by atoms with Crippen LogP contribution in [0, 0.1) is 5.92 Å². The molecule has 32 heavy (non-hydrogen) atoms. The summed E-state index contributed by atoms with van der Waals surface area (Å²) in [5.41, 5.74) is -0.386. The average molecular weight is 446 g/mol. The topological polar surface area (TPSA) is 80.6 Å². The van der Waals surface area contributed by atoms with E-state index in [1.807, 2.05) is 13.8 Å². The van der Waals surface area contributed by atoms with Crippen molar-refractivity contribution < 1.29 is 14.3 Å². The summed E-state index contributed by atoms with van der Waals surface area (Å²) in [7, 11) is 1.70. The number of nitrogens with one attached hydrogen (secondary N) is 1. The monoisotopic (exact) mass is 445 g/mol. The molecule has 1 saturated carbocycles. The summed E-state index contributed by atoms with van der Waals surface area (Å²) >= 11 is 0. The van der Waals surface area contributed by atoms with Crippen LogP contribution in [0.5, 0.6) is 0 Å². The molecule has 0 bridgehead atoms. The number of amides is 2. The maximum Gasteiger partial charge on any atom is 0.259 e. The van der Waals surface area contributed by atoms with Crippen LogP contribution < -0.4 is 10.7 Å². The number of aromatic nitrogens is 1. The summed E-state index contributed by atoms with van der Waals surface area (Å²) in [5.74, 6) is -0.433. The lowest BCUT2D eigenvalue weighted by Gasteiger charge is -2.22. The molecule has 7 heteroatoms. The lowest BCUT2D eigenvalue weighted by molar-refractivity contribution is 0.0774. The lowest BCUT2D eigenvalue weighted by Crippen LogP contribution is -2.40. The SMILES string of the molecule is CC(C)CN(C)C(=O)c1cn(CC2CCCO2)cc(C(=O)NC2CCCCCCC2)c1=O. The number of carbonyl (C=O) groups is 2. The molecule has 1 aromatic rings. The molecule has 1 aliphatic carbocycles. The highest BCUT2D eigenvalue weighted by Crippen LogP contribution is 2.18. The zero-order chi connectivity index (χ0) is 23.1. The highest BCUT2D eigenvalue weighted by molar-refractivity contribution is 5.99. The van der Waals surface area contributed by atoms with Crippen molar-refractivity contribution in [3.63, 3.8) is 0 Å². The maximum atomic E-state index is 13.2. The standard InChI is InChI=1S/C25H39N3O4/c1-18(2)14-27(3)25(31)22-17-28(15-20-12-9-13-32-20)16-21(23(22)29)24(30)26-19-10-7-5-4-6-8-11-19/h16-20H,4-15H2,1-3H3,(H,26,30). The van der Waals surface area contributed by atoms with Gasteiger partial charge in [0.15, 0.2) is 0 Å². The third-order valence-electron chi connectivity index (χ3n) is 6.42. The number of hydrogen-bond donors (Lipinski definition) is 1. The second-order valence-electron chi connectivity index (χ2n) is 9.84. The molecular formula is C25H39N3O4. The van der Waals surface area contributed by atoms with Gasteiger partial charge in [-0.05, 0) is 31.6 Å². The highest BCUT2D eigenvalue weighted by atomic mass is 16.5. The van der Waals surface area contributed by atoms with Crippen molar-refractivity contribution in [3.05, 3.63) is 33.7 Å². The zero-order valence-electron chi connectivity index (χ0n) is 19.9. The molecule has 1 atom stereocenters. The van der Waals surface area contributed by atoms with Crippen LogP contribution >= 0.6 is 0 Å². The van der Waals surface area contributed by atoms with E-state index in [2.05, 4.69) is 5.32 Å². The van der Waals surface area contributed by atoms with Gasteiger partial charge in [-0.1, -0.05) is 46.0 Å². The van der Waals surface area contributed by atoms with Crippen LogP contribution in [0.25, 0.3) is 0 Å². The highest BCUT2D eigenvalue weighted by Gasteiger charge is 2.25. The van der Waals surface area contributed by atoms with Crippen LogP contribution in [0.15, 0.2) is 17.2 Å². The largest absolute Gasteiger partial charge is 0.376 e. The molecule has 178 valence electrons. The Labute approximate surface area is 191 Å². The molecule has 1 N–H and O–H groups in total. The Hall–Kier alpha value is -2.15. The first kappa shape index (κ1) is 24.5. The summed E-state index contributed by atoms with van der Waals surface area (Å²) < 4.78 is 7.53. The summed E-state index contributed by atoms with van der Waals surface area (Å²) in [4.78, 5) is 41.1. The van der Waals surface area contributed by atoms with E-state index in [9.17, 15) is 14.4 Å². The fourth-order valence-corrected chi connectivity index (χ4v) is 4.77. The summed E-state index contributed by atoms with van der Waals surface area (Å²) in [6.45, 7) is 5.85. The summed E-state index contributed by atoms with van der Waals surface area (Å²) in [6, 6.07) is 0.0804. The molecule has 3 rings (SSSR count). The molecule has 2 amide bonds. The number of ether oxygens (including phenoxy) is 1. The van der Waals surface area contributed by atoms with Crippen molar-refractivity contribution >= 4 is 11.8 Å². The average Bonchev–Trinajstić information content (AvgIpc) is 3.23. The van der Waals surface area contributed by atoms with Crippen LogP contribution in [0.3, 0.4) is 0 Å². The summed E-state index contributed by atoms with van der Waals surface area (Å²) in [6.07, 6.45) is 12.8. The molecule has 0 spiro atoms. The second kappa shape index (κ2) is 11.6. The third kappa shape index (κ3) is 6.67. The van der Waals surface area contributed by atoms with Crippen molar-refractivity contribution in [2.75, 3.05) is 20.2 Å². The van der Waals surface area contributed by atoms with Gasteiger partial charge in [-0.2, -0.15) is 0 Å². The smallest absolute Gasteiger partial charge is 0.259 e. The van der Waals surface area contributed by atoms with Gasteiger partial charge in [-0.15, -0.1) is 0 Å². The van der Waals surface area contributed by atoms with Crippen molar-refractivity contribution in [2.24, 2.45) is 5.92 Å². The van der Waals surface area contributed by atoms with Crippen LogP contribution in [-0.2, 0) is 11.3 Å². The van der Waals surface area contributed by atoms with Gasteiger partial charge in [0.05, 0.1) is 6.10 Å². The Balaban J connectivity index is 1.87. The molecular weight excluding hydrogens is 406 g/mol. The third-order valence-corrected chi connectivity index (χ3v) is 6.42. The van der Waals surface area contributed by atoms with E-state index >= 15 is 0 Å². The maximum absolute atomic E-state index is 13.2. The minimum atomic E-state index is -0.488. The van der Waals surface area contributed by atoms with E-state index in [1.165, 1.54) is 19.3 Å². The van der Waals surface area contributed by atoms with Gasteiger partial charge < -0.3 is 19.5 Å². The molecule has 1 aliphatic heterocycles. The molecule has 7 nitrogen and oxygen atoms in total. The van der Waals surface area contributed by atoms with E-state index in [1.54, 1.807) is 28.9 Å². The Morgan fingerprint density at radius 1 is 1.06 bits per heavy atom. The Kier molecular flexibility index (Phi) is 8.91. The number of hydrogen-bond acceptors (Lipinski definition) is 4. The van der Waals surface area contributed by atoms with Crippen molar-refractivity contribution in [2.45, 2.75) is 90.3 Å². The molecule has 2 heterocycles. The normalized spacial score (nSPS) is 20.1. The number of pyridine rings is 1. The number of carbonyl (C=O) groups excluding carboxylic acids is 2. The fourth-order valence-electron chi connectivity index (χ4n) is 4.77. The summed E-state index contributed by atoms with van der Waals surface area (Å²) in [5, 5.41) is 3.08. The molecule has 1 aromatic heterocycles. The van der Waals surface area contributed by atoms with Gasteiger partial charge in [0.2, 0.25) is 5.43 Å². The van der Waals surface area contributed by atoms with Gasteiger partial charge in [-0.3, -0.25) is 14.4 Å². The van der Waals surface area contributed by atoms with E-state index in [0.717, 1.165) is 45.1 Å². The first-order chi connectivity index (χ1) is 15.3. The minimum absolute atomic E-state index is 0.0374. The molecule has 1 saturated heterocycles. The first-order valence-corrected chi connectivity index (χ1v) is 12.3. The second-order valence-corrected chi connectivity index (χ2v) is 9.84. The minimum Gasteiger partial charge on any atom is -0.376 e. The lowest BCUT2D eigenvalue weighted by atomic mass is 9.96. The molecule has 2 aliphatic rings. The van der Waals surface area contributed by atoms with Gasteiger partial charge in [0, 0.05) is 45.2 Å². The van der Waals surface area contributed by atoms with Crippen LogP contribution in [0.4, 0.5) is 0 Å². The van der Waals surface area contributed by atoms with Crippen molar-refractivity contribution in [3.8, 4) is 0 Å². The van der Waals surface area contributed by atoms with Gasteiger partial charge in [0.25, 0.3) is 11.8 Å². The van der Waals surface area contributed by atoms with Gasteiger partial charge in [-0.25, -0.2) is 0 Å². The van der Waals surface area contributed by atoms with Crippen LogP contribution in [0.1, 0.15) is 92.4 Å². The van der Waals surface area contributed by atoms with Crippen molar-refractivity contribution in [1.29, 1.82) is 0 Å². The van der Waals surface area contributed by atoms with Crippen LogP contribution in [0.2, 0.25) is 0 Å². The quantitative estimate of drug-likeness (QED) is 0.695. The molecule has 2 fully saturated rings. The fraction of sp³-hybridized carbons (Fsp3) is 0.720. The zero-order valence-corrected chi connectivity index (χ0v) is 19.9. The van der Waals surface area contributed by atoms with E-state index in [0.29, 0.717) is 13.1 Å². The number of rotatable bonds is 7. The van der Waals surface area contributed by atoms with Crippen LogP contribution in [-0.4, -0.2) is 53.6 Å². The molecule has 0 radical (unpaired) electrons. The van der Waals surface area contributed by atoms with Crippen molar-refractivity contribution in [1.82, 2.24) is 14.8 Å². The molecule has 0 aromatic carbocycles. The predicted octanol–water partition coefficient (Wildman–Crippen LogP) is 3.60. The van der Waals surface area contributed by atoms with Gasteiger partial charge in [0.1, 0.15) is 11.1 Å². The van der Waals surface area contributed by atoms with Gasteiger partial charge >= 0.3 is 0 Å². The Morgan fingerprint density at radius 2 is 1.72 bits per heavy atom. The Bertz CT molecular complexity index is 834.